The lowest BCUT2D eigenvalue weighted by atomic mass is 10.1. The van der Waals surface area contributed by atoms with E-state index in [1.54, 1.807) is 7.11 Å². The number of nitrogen functional groups attached to an aromatic ring is 1. The first-order valence-corrected chi connectivity index (χ1v) is 5.71. The quantitative estimate of drug-likeness (QED) is 0.778. The zero-order chi connectivity index (χ0) is 12.1. The molecule has 0 bridgehead atoms. The van der Waals surface area contributed by atoms with E-state index in [9.17, 15) is 0 Å². The standard InChI is InChI=1S/C13H22N2O/c1-5-10(2)15(3)9-11-6-7-12(14)8-13(11)16-4/h6-8,10H,5,9,14H2,1-4H3. The summed E-state index contributed by atoms with van der Waals surface area (Å²) >= 11 is 0. The van der Waals surface area contributed by atoms with E-state index in [-0.39, 0.29) is 0 Å². The van der Waals surface area contributed by atoms with Crippen LogP contribution in [0.5, 0.6) is 5.75 Å². The molecule has 0 spiro atoms. The molecule has 1 aromatic carbocycles. The third kappa shape index (κ3) is 3.14. The molecule has 0 fully saturated rings. The number of nitrogens with two attached hydrogens (primary N) is 1. The van der Waals surface area contributed by atoms with Crippen molar-refractivity contribution in [3.63, 3.8) is 0 Å². The van der Waals surface area contributed by atoms with E-state index in [1.807, 2.05) is 18.2 Å². The third-order valence-corrected chi connectivity index (χ3v) is 3.07. The molecule has 0 aliphatic heterocycles. The van der Waals surface area contributed by atoms with Crippen molar-refractivity contribution in [3.05, 3.63) is 23.8 Å². The van der Waals surface area contributed by atoms with E-state index in [0.29, 0.717) is 6.04 Å². The Balaban J connectivity index is 2.80. The van der Waals surface area contributed by atoms with Crippen LogP contribution in [-0.2, 0) is 6.54 Å². The SMILES string of the molecule is CCC(C)N(C)Cc1ccc(N)cc1OC. The Kier molecular flexibility index (Phi) is 4.62. The molecule has 1 rings (SSSR count). The highest BCUT2D eigenvalue weighted by Crippen LogP contribution is 2.23. The van der Waals surface area contributed by atoms with Gasteiger partial charge in [-0.05, 0) is 26.5 Å². The summed E-state index contributed by atoms with van der Waals surface area (Å²) in [7, 11) is 3.81. The molecule has 1 atom stereocenters. The molecule has 90 valence electrons. The topological polar surface area (TPSA) is 38.5 Å². The van der Waals surface area contributed by atoms with Crippen LogP contribution in [-0.4, -0.2) is 25.1 Å². The third-order valence-electron chi connectivity index (χ3n) is 3.07. The van der Waals surface area contributed by atoms with E-state index in [1.165, 1.54) is 5.56 Å². The van der Waals surface area contributed by atoms with Crippen molar-refractivity contribution in [1.82, 2.24) is 4.90 Å². The molecule has 3 nitrogen and oxygen atoms in total. The molecule has 1 unspecified atom stereocenters. The summed E-state index contributed by atoms with van der Waals surface area (Å²) < 4.78 is 5.33. The molecular formula is C13H22N2O. The summed E-state index contributed by atoms with van der Waals surface area (Å²) in [6.45, 7) is 5.31. The monoisotopic (exact) mass is 222 g/mol. The van der Waals surface area contributed by atoms with Gasteiger partial charge in [-0.15, -0.1) is 0 Å². The molecule has 0 heterocycles. The summed E-state index contributed by atoms with van der Waals surface area (Å²) in [4.78, 5) is 2.31. The molecule has 0 saturated heterocycles. The summed E-state index contributed by atoms with van der Waals surface area (Å²) in [6.07, 6.45) is 1.15. The van der Waals surface area contributed by atoms with Crippen LogP contribution < -0.4 is 10.5 Å². The lowest BCUT2D eigenvalue weighted by molar-refractivity contribution is 0.240. The van der Waals surface area contributed by atoms with Gasteiger partial charge in [0.1, 0.15) is 5.75 Å². The molecule has 0 amide bonds. The Hall–Kier alpha value is -1.22. The second kappa shape index (κ2) is 5.75. The van der Waals surface area contributed by atoms with Crippen molar-refractivity contribution in [1.29, 1.82) is 0 Å². The van der Waals surface area contributed by atoms with Crippen LogP contribution >= 0.6 is 0 Å². The number of benzene rings is 1. The number of rotatable bonds is 5. The minimum atomic E-state index is 0.572. The van der Waals surface area contributed by atoms with Gasteiger partial charge in [0, 0.05) is 29.9 Å². The van der Waals surface area contributed by atoms with Gasteiger partial charge in [0.25, 0.3) is 0 Å². The zero-order valence-corrected chi connectivity index (χ0v) is 10.7. The Labute approximate surface area is 98.2 Å². The van der Waals surface area contributed by atoms with Gasteiger partial charge in [-0.1, -0.05) is 13.0 Å². The summed E-state index contributed by atoms with van der Waals surface area (Å²) in [5.41, 5.74) is 7.65. The minimum Gasteiger partial charge on any atom is -0.496 e. The second-order valence-corrected chi connectivity index (χ2v) is 4.24. The van der Waals surface area contributed by atoms with Gasteiger partial charge in [-0.3, -0.25) is 4.90 Å². The van der Waals surface area contributed by atoms with Crippen molar-refractivity contribution in [2.75, 3.05) is 19.9 Å². The number of hydrogen-bond acceptors (Lipinski definition) is 3. The highest BCUT2D eigenvalue weighted by Gasteiger charge is 2.10. The van der Waals surface area contributed by atoms with E-state index in [2.05, 4.69) is 25.8 Å². The lowest BCUT2D eigenvalue weighted by Crippen LogP contribution is -2.27. The Morgan fingerprint density at radius 3 is 2.69 bits per heavy atom. The molecule has 0 aliphatic rings. The van der Waals surface area contributed by atoms with Crippen LogP contribution in [0, 0.1) is 0 Å². The molecule has 3 heteroatoms. The number of anilines is 1. The number of nitrogens with zero attached hydrogens (tertiary/aromatic N) is 1. The maximum atomic E-state index is 5.73. The maximum Gasteiger partial charge on any atom is 0.125 e. The fourth-order valence-electron chi connectivity index (χ4n) is 1.63. The molecule has 0 aromatic heterocycles. The number of methoxy groups -OCH3 is 1. The van der Waals surface area contributed by atoms with Gasteiger partial charge in [0.05, 0.1) is 7.11 Å². The average Bonchev–Trinajstić information content (AvgIpc) is 2.30. The van der Waals surface area contributed by atoms with Crippen LogP contribution in [0.3, 0.4) is 0 Å². The summed E-state index contributed by atoms with van der Waals surface area (Å²) in [6, 6.07) is 6.40. The van der Waals surface area contributed by atoms with Crippen molar-refractivity contribution in [2.24, 2.45) is 0 Å². The molecule has 0 aliphatic carbocycles. The first-order chi connectivity index (χ1) is 7.58. The average molecular weight is 222 g/mol. The minimum absolute atomic E-state index is 0.572. The van der Waals surface area contributed by atoms with Crippen molar-refractivity contribution < 1.29 is 4.74 Å². The Morgan fingerprint density at radius 1 is 1.44 bits per heavy atom. The van der Waals surface area contributed by atoms with Gasteiger partial charge in [-0.2, -0.15) is 0 Å². The van der Waals surface area contributed by atoms with E-state index >= 15 is 0 Å². The summed E-state index contributed by atoms with van der Waals surface area (Å²) in [5, 5.41) is 0. The maximum absolute atomic E-state index is 5.73. The van der Waals surface area contributed by atoms with Gasteiger partial charge < -0.3 is 10.5 Å². The first kappa shape index (κ1) is 12.8. The predicted molar refractivity (Wildman–Crippen MR) is 68.6 cm³/mol. The highest BCUT2D eigenvalue weighted by molar-refractivity contribution is 5.48. The molecule has 0 saturated carbocycles. The van der Waals surface area contributed by atoms with Crippen molar-refractivity contribution in [3.8, 4) is 5.75 Å². The van der Waals surface area contributed by atoms with Crippen LogP contribution in [0.25, 0.3) is 0 Å². The van der Waals surface area contributed by atoms with Crippen molar-refractivity contribution >= 4 is 5.69 Å². The molecule has 2 N–H and O–H groups in total. The van der Waals surface area contributed by atoms with Crippen molar-refractivity contribution in [2.45, 2.75) is 32.9 Å². The van der Waals surface area contributed by atoms with Crippen LogP contribution in [0.2, 0.25) is 0 Å². The lowest BCUT2D eigenvalue weighted by Gasteiger charge is -2.24. The van der Waals surface area contributed by atoms with Gasteiger partial charge in [-0.25, -0.2) is 0 Å². The number of ether oxygens (including phenoxy) is 1. The fourth-order valence-corrected chi connectivity index (χ4v) is 1.63. The van der Waals surface area contributed by atoms with E-state index in [0.717, 1.165) is 24.4 Å². The summed E-state index contributed by atoms with van der Waals surface area (Å²) in [5.74, 6) is 0.871. The highest BCUT2D eigenvalue weighted by atomic mass is 16.5. The molecule has 16 heavy (non-hydrogen) atoms. The molecule has 0 radical (unpaired) electrons. The van der Waals surface area contributed by atoms with Gasteiger partial charge in [0.2, 0.25) is 0 Å². The second-order valence-electron chi connectivity index (χ2n) is 4.24. The molecular weight excluding hydrogens is 200 g/mol. The smallest absolute Gasteiger partial charge is 0.125 e. The van der Waals surface area contributed by atoms with Gasteiger partial charge >= 0.3 is 0 Å². The zero-order valence-electron chi connectivity index (χ0n) is 10.7. The predicted octanol–water partition coefficient (Wildman–Crippen LogP) is 2.51. The van der Waals surface area contributed by atoms with Crippen LogP contribution in [0.4, 0.5) is 5.69 Å². The normalized spacial score (nSPS) is 12.8. The van der Waals surface area contributed by atoms with E-state index < -0.39 is 0 Å². The fraction of sp³-hybridized carbons (Fsp3) is 0.538. The van der Waals surface area contributed by atoms with Crippen LogP contribution in [0.15, 0.2) is 18.2 Å². The molecule has 1 aromatic rings. The van der Waals surface area contributed by atoms with E-state index in [4.69, 9.17) is 10.5 Å². The van der Waals surface area contributed by atoms with Gasteiger partial charge in [0.15, 0.2) is 0 Å². The number of hydrogen-bond donors (Lipinski definition) is 1. The Morgan fingerprint density at radius 2 is 2.12 bits per heavy atom. The largest absolute Gasteiger partial charge is 0.496 e. The first-order valence-electron chi connectivity index (χ1n) is 5.71. The Bertz CT molecular complexity index is 339. The van der Waals surface area contributed by atoms with Crippen LogP contribution in [0.1, 0.15) is 25.8 Å².